The minimum atomic E-state index is -0.498. The van der Waals surface area contributed by atoms with Crippen LogP contribution in [0.1, 0.15) is 46.5 Å². The topological polar surface area (TPSA) is 41.6 Å². The Kier molecular flexibility index (Phi) is 4.51. The first-order valence-electron chi connectivity index (χ1n) is 7.63. The molecular weight excluding hydrogens is 240 g/mol. The lowest BCUT2D eigenvalue weighted by molar-refractivity contribution is -0.151. The highest BCUT2D eigenvalue weighted by atomic mass is 16.5. The normalized spacial score (nSPS) is 22.6. The summed E-state index contributed by atoms with van der Waals surface area (Å²) in [6.07, 6.45) is 4.82. The summed E-state index contributed by atoms with van der Waals surface area (Å²) in [5.41, 5.74) is -0.498. The van der Waals surface area contributed by atoms with Gasteiger partial charge in [-0.25, -0.2) is 4.79 Å². The summed E-state index contributed by atoms with van der Waals surface area (Å²) < 4.78 is 5.14. The van der Waals surface area contributed by atoms with E-state index in [4.69, 9.17) is 4.74 Å². The van der Waals surface area contributed by atoms with Crippen molar-refractivity contribution in [2.45, 2.75) is 64.1 Å². The van der Waals surface area contributed by atoms with Gasteiger partial charge in [0.25, 0.3) is 0 Å². The number of methoxy groups -OCH3 is 1. The Morgan fingerprint density at radius 2 is 2.00 bits per heavy atom. The number of nitrogens with one attached hydrogen (secondary N) is 1. The van der Waals surface area contributed by atoms with E-state index >= 15 is 0 Å². The molecule has 4 heteroatoms. The summed E-state index contributed by atoms with van der Waals surface area (Å²) in [7, 11) is 1.51. The van der Waals surface area contributed by atoms with Crippen molar-refractivity contribution in [2.75, 3.05) is 20.2 Å². The Hall–Kier alpha value is -0.610. The van der Waals surface area contributed by atoms with E-state index in [0.717, 1.165) is 25.9 Å². The number of likely N-dealkylation sites (N-methyl/N-ethyl adjacent to an activating group) is 1. The standard InChI is InChI=1S/C15H28N2O2/c1-5-17(13-8-9-13)10-15(12-6-7-12,14(18)19-4)16-11(2)3/h11-13,16H,5-10H2,1-4H3. The molecule has 2 rings (SSSR count). The van der Waals surface area contributed by atoms with Gasteiger partial charge in [-0.1, -0.05) is 6.92 Å². The minimum Gasteiger partial charge on any atom is -0.468 e. The number of carbonyl (C=O) groups is 1. The highest BCUT2D eigenvalue weighted by Gasteiger charge is 2.53. The predicted octanol–water partition coefficient (Wildman–Crippen LogP) is 1.79. The molecular formula is C15H28N2O2. The lowest BCUT2D eigenvalue weighted by Crippen LogP contribution is -2.63. The van der Waals surface area contributed by atoms with E-state index in [1.54, 1.807) is 0 Å². The molecule has 0 heterocycles. The summed E-state index contributed by atoms with van der Waals surface area (Å²) in [5.74, 6) is 0.359. The number of hydrogen-bond donors (Lipinski definition) is 1. The molecule has 0 spiro atoms. The number of carbonyl (C=O) groups excluding carboxylic acids is 1. The SMILES string of the molecule is CCN(CC(NC(C)C)(C(=O)OC)C1CC1)C1CC1. The average Bonchev–Trinajstić information content (AvgIpc) is 3.23. The van der Waals surface area contributed by atoms with E-state index in [9.17, 15) is 4.79 Å². The fourth-order valence-electron chi connectivity index (χ4n) is 3.12. The zero-order valence-electron chi connectivity index (χ0n) is 12.7. The maximum Gasteiger partial charge on any atom is 0.327 e. The van der Waals surface area contributed by atoms with Gasteiger partial charge >= 0.3 is 5.97 Å². The van der Waals surface area contributed by atoms with Crippen LogP contribution in [-0.4, -0.2) is 48.7 Å². The van der Waals surface area contributed by atoms with E-state index in [1.165, 1.54) is 20.0 Å². The Labute approximate surface area is 116 Å². The molecule has 0 aromatic heterocycles. The third-order valence-electron chi connectivity index (χ3n) is 4.29. The van der Waals surface area contributed by atoms with Gasteiger partial charge in [0, 0.05) is 18.6 Å². The fourth-order valence-corrected chi connectivity index (χ4v) is 3.12. The van der Waals surface area contributed by atoms with E-state index in [0.29, 0.717) is 12.0 Å². The third-order valence-corrected chi connectivity index (χ3v) is 4.29. The lowest BCUT2D eigenvalue weighted by Gasteiger charge is -2.38. The van der Waals surface area contributed by atoms with Crippen LogP contribution in [-0.2, 0) is 9.53 Å². The summed E-state index contributed by atoms with van der Waals surface area (Å²) in [6, 6.07) is 0.972. The first-order chi connectivity index (χ1) is 9.03. The van der Waals surface area contributed by atoms with E-state index in [2.05, 4.69) is 31.0 Å². The number of ether oxygens (including phenoxy) is 1. The van der Waals surface area contributed by atoms with Crippen molar-refractivity contribution >= 4 is 5.97 Å². The molecule has 2 aliphatic rings. The van der Waals surface area contributed by atoms with Crippen LogP contribution in [0.3, 0.4) is 0 Å². The number of esters is 1. The summed E-state index contributed by atoms with van der Waals surface area (Å²) >= 11 is 0. The Morgan fingerprint density at radius 1 is 1.37 bits per heavy atom. The van der Waals surface area contributed by atoms with Gasteiger partial charge in [0.2, 0.25) is 0 Å². The predicted molar refractivity (Wildman–Crippen MR) is 76.0 cm³/mol. The minimum absolute atomic E-state index is 0.0807. The zero-order valence-corrected chi connectivity index (χ0v) is 12.7. The number of hydrogen-bond acceptors (Lipinski definition) is 4. The average molecular weight is 268 g/mol. The molecule has 1 N–H and O–H groups in total. The molecule has 2 aliphatic carbocycles. The van der Waals surface area contributed by atoms with Crippen LogP contribution in [0.4, 0.5) is 0 Å². The molecule has 19 heavy (non-hydrogen) atoms. The smallest absolute Gasteiger partial charge is 0.327 e. The van der Waals surface area contributed by atoms with Crippen molar-refractivity contribution < 1.29 is 9.53 Å². The maximum atomic E-state index is 12.4. The van der Waals surface area contributed by atoms with E-state index < -0.39 is 5.54 Å². The van der Waals surface area contributed by atoms with Crippen LogP contribution in [0, 0.1) is 5.92 Å². The molecule has 0 aromatic rings. The van der Waals surface area contributed by atoms with Crippen LogP contribution in [0.5, 0.6) is 0 Å². The first kappa shape index (κ1) is 14.8. The van der Waals surface area contributed by atoms with Gasteiger partial charge in [0.05, 0.1) is 7.11 Å². The number of rotatable bonds is 8. The first-order valence-corrected chi connectivity index (χ1v) is 7.63. The maximum absolute atomic E-state index is 12.4. The van der Waals surface area contributed by atoms with Gasteiger partial charge < -0.3 is 4.74 Å². The molecule has 0 aliphatic heterocycles. The Morgan fingerprint density at radius 3 is 2.37 bits per heavy atom. The quantitative estimate of drug-likeness (QED) is 0.682. The molecule has 0 radical (unpaired) electrons. The number of nitrogens with zero attached hydrogens (tertiary/aromatic N) is 1. The van der Waals surface area contributed by atoms with Crippen molar-refractivity contribution in [1.29, 1.82) is 0 Å². The molecule has 2 fully saturated rings. The van der Waals surface area contributed by atoms with E-state index in [-0.39, 0.29) is 12.0 Å². The molecule has 0 bridgehead atoms. The summed E-state index contributed by atoms with van der Waals surface area (Å²) in [4.78, 5) is 14.9. The van der Waals surface area contributed by atoms with Gasteiger partial charge in [-0.3, -0.25) is 10.2 Å². The van der Waals surface area contributed by atoms with Crippen molar-refractivity contribution in [2.24, 2.45) is 5.92 Å². The van der Waals surface area contributed by atoms with Crippen molar-refractivity contribution in [1.82, 2.24) is 10.2 Å². The highest BCUT2D eigenvalue weighted by molar-refractivity contribution is 5.82. The fraction of sp³-hybridized carbons (Fsp3) is 0.933. The van der Waals surface area contributed by atoms with Crippen LogP contribution < -0.4 is 5.32 Å². The highest BCUT2D eigenvalue weighted by Crippen LogP contribution is 2.42. The molecule has 0 saturated heterocycles. The van der Waals surface area contributed by atoms with Crippen molar-refractivity contribution in [3.63, 3.8) is 0 Å². The Bertz CT molecular complexity index is 324. The molecule has 4 nitrogen and oxygen atoms in total. The van der Waals surface area contributed by atoms with Crippen LogP contribution in [0.2, 0.25) is 0 Å². The largest absolute Gasteiger partial charge is 0.468 e. The zero-order chi connectivity index (χ0) is 14.0. The van der Waals surface area contributed by atoms with Gasteiger partial charge in [-0.05, 0) is 52.0 Å². The Balaban J connectivity index is 2.17. The molecule has 2 saturated carbocycles. The summed E-state index contributed by atoms with van der Waals surface area (Å²) in [6.45, 7) is 8.20. The molecule has 0 amide bonds. The molecule has 1 atom stereocenters. The van der Waals surface area contributed by atoms with Gasteiger partial charge in [-0.15, -0.1) is 0 Å². The van der Waals surface area contributed by atoms with Crippen molar-refractivity contribution in [3.05, 3.63) is 0 Å². The van der Waals surface area contributed by atoms with Gasteiger partial charge in [0.15, 0.2) is 0 Å². The third kappa shape index (κ3) is 3.29. The van der Waals surface area contributed by atoms with Crippen molar-refractivity contribution in [3.8, 4) is 0 Å². The lowest BCUT2D eigenvalue weighted by atomic mass is 9.91. The monoisotopic (exact) mass is 268 g/mol. The van der Waals surface area contributed by atoms with Gasteiger partial charge in [-0.2, -0.15) is 0 Å². The second kappa shape index (κ2) is 5.80. The van der Waals surface area contributed by atoms with Crippen LogP contribution >= 0.6 is 0 Å². The molecule has 110 valence electrons. The van der Waals surface area contributed by atoms with Crippen LogP contribution in [0.15, 0.2) is 0 Å². The second-order valence-electron chi connectivity index (χ2n) is 6.33. The molecule has 1 unspecified atom stereocenters. The summed E-state index contributed by atoms with van der Waals surface area (Å²) in [5, 5.41) is 3.54. The van der Waals surface area contributed by atoms with Crippen LogP contribution in [0.25, 0.3) is 0 Å². The van der Waals surface area contributed by atoms with Gasteiger partial charge in [0.1, 0.15) is 5.54 Å². The molecule has 0 aromatic carbocycles. The second-order valence-corrected chi connectivity index (χ2v) is 6.33. The van der Waals surface area contributed by atoms with E-state index in [1.807, 2.05) is 0 Å².